The molecule has 0 radical (unpaired) electrons. The molecule has 2 atom stereocenters. The molecule has 6 heteroatoms. The zero-order valence-corrected chi connectivity index (χ0v) is 23.2. The number of phenolic OH excluding ortho intramolecular Hbond substituents is 1. The molecular weight excluding hydrogens is 510 g/mol. The van der Waals surface area contributed by atoms with Crippen molar-refractivity contribution in [2.75, 3.05) is 23.7 Å². The predicted molar refractivity (Wildman–Crippen MR) is 168 cm³/mol. The highest BCUT2D eigenvalue weighted by Crippen LogP contribution is 2.45. The van der Waals surface area contributed by atoms with Crippen LogP contribution in [-0.2, 0) is 0 Å². The molecule has 2 aliphatic rings. The van der Waals surface area contributed by atoms with Crippen LogP contribution in [0.4, 0.5) is 17.1 Å². The van der Waals surface area contributed by atoms with E-state index in [9.17, 15) is 14.7 Å². The van der Waals surface area contributed by atoms with Crippen molar-refractivity contribution in [3.8, 4) is 16.9 Å². The van der Waals surface area contributed by atoms with Gasteiger partial charge in [-0.15, -0.1) is 0 Å². The fourth-order valence-electron chi connectivity index (χ4n) is 7.10. The zero-order chi connectivity index (χ0) is 27.9. The third kappa shape index (κ3) is 4.56. The molecule has 1 saturated carbocycles. The van der Waals surface area contributed by atoms with Crippen molar-refractivity contribution in [1.82, 2.24) is 4.90 Å². The summed E-state index contributed by atoms with van der Waals surface area (Å²) < 4.78 is 0. The second-order valence-corrected chi connectivity index (χ2v) is 11.6. The van der Waals surface area contributed by atoms with Crippen LogP contribution in [0.2, 0.25) is 0 Å². The summed E-state index contributed by atoms with van der Waals surface area (Å²) in [5, 5.41) is 22.0. The number of piperidine rings is 1. The van der Waals surface area contributed by atoms with Gasteiger partial charge >= 0.3 is 0 Å². The van der Waals surface area contributed by atoms with Gasteiger partial charge in [0, 0.05) is 28.9 Å². The van der Waals surface area contributed by atoms with E-state index in [4.69, 9.17) is 0 Å². The van der Waals surface area contributed by atoms with E-state index in [1.807, 2.05) is 66.7 Å². The minimum atomic E-state index is -0.501. The highest BCUT2D eigenvalue weighted by Gasteiger charge is 2.33. The minimum Gasteiger partial charge on any atom is -0.507 e. The maximum atomic E-state index is 13.0. The lowest BCUT2D eigenvalue weighted by molar-refractivity contribution is 0.121. The van der Waals surface area contributed by atoms with Crippen LogP contribution in [0.15, 0.2) is 82.4 Å². The van der Waals surface area contributed by atoms with Crippen molar-refractivity contribution < 1.29 is 5.11 Å². The average molecular weight is 546 g/mol. The van der Waals surface area contributed by atoms with Crippen molar-refractivity contribution in [1.29, 1.82) is 0 Å². The van der Waals surface area contributed by atoms with Gasteiger partial charge in [0.25, 0.3) is 10.9 Å². The Morgan fingerprint density at radius 1 is 0.659 bits per heavy atom. The second kappa shape index (κ2) is 10.7. The number of phenols is 1. The molecule has 0 amide bonds. The van der Waals surface area contributed by atoms with Gasteiger partial charge in [0.05, 0.1) is 0 Å². The summed E-state index contributed by atoms with van der Waals surface area (Å²) >= 11 is 0. The maximum absolute atomic E-state index is 13.0. The second-order valence-electron chi connectivity index (χ2n) is 11.6. The molecule has 0 aromatic heterocycles. The predicted octanol–water partition coefficient (Wildman–Crippen LogP) is 6.91. The van der Waals surface area contributed by atoms with Gasteiger partial charge in [0.15, 0.2) is 0 Å². The molecule has 3 N–H and O–H groups in total. The van der Waals surface area contributed by atoms with Crippen molar-refractivity contribution in [2.24, 2.45) is 0 Å². The van der Waals surface area contributed by atoms with Crippen LogP contribution in [0.5, 0.6) is 5.75 Å². The van der Waals surface area contributed by atoms with E-state index in [1.54, 1.807) is 6.07 Å². The Bertz CT molecular complexity index is 1810. The quantitative estimate of drug-likeness (QED) is 0.201. The number of nitrogens with one attached hydrogen (secondary N) is 2. The summed E-state index contributed by atoms with van der Waals surface area (Å²) in [6.45, 7) is 2.21. The molecule has 1 aliphatic heterocycles. The van der Waals surface area contributed by atoms with E-state index in [0.29, 0.717) is 28.7 Å². The van der Waals surface area contributed by atoms with E-state index in [0.717, 1.165) is 59.5 Å². The number of rotatable bonds is 6. The molecule has 41 heavy (non-hydrogen) atoms. The van der Waals surface area contributed by atoms with Gasteiger partial charge in [0.1, 0.15) is 17.1 Å². The fraction of sp³-hybridized carbons (Fsp3) is 0.314. The van der Waals surface area contributed by atoms with Crippen molar-refractivity contribution in [3.63, 3.8) is 0 Å². The van der Waals surface area contributed by atoms with E-state index in [1.165, 1.54) is 25.7 Å². The first-order valence-corrected chi connectivity index (χ1v) is 14.9. The van der Waals surface area contributed by atoms with Crippen LogP contribution in [-0.4, -0.2) is 35.2 Å². The van der Waals surface area contributed by atoms with E-state index >= 15 is 0 Å². The summed E-state index contributed by atoms with van der Waals surface area (Å²) in [6.07, 6.45) is 8.16. The van der Waals surface area contributed by atoms with Crippen LogP contribution < -0.4 is 21.5 Å². The molecule has 1 saturated heterocycles. The lowest BCUT2D eigenvalue weighted by Crippen LogP contribution is -2.52. The van der Waals surface area contributed by atoms with E-state index in [-0.39, 0.29) is 11.8 Å². The van der Waals surface area contributed by atoms with Crippen LogP contribution >= 0.6 is 0 Å². The highest BCUT2D eigenvalue weighted by atomic mass is 16.3. The normalized spacial score (nSPS) is 20.0. The van der Waals surface area contributed by atoms with E-state index < -0.39 is 10.9 Å². The standard InChI is InChI=1S/C35H35N3O3/c39-29-19-17-23-11-3-5-13-25(23)31(29)30-24-12-4-2-10-22(24)16-18-27(30)37-33-32(34(40)35(33)41)36-26-14-6-7-15-28(26)38-20-8-1-9-21-38/h2-5,10-13,16-19,26,28,36-37,39H,1,6-9,14-15,20-21H2/t26-,28?/m1/s1. The molecule has 0 bridgehead atoms. The monoisotopic (exact) mass is 545 g/mol. The summed E-state index contributed by atoms with van der Waals surface area (Å²) in [6, 6.07) is 24.1. The van der Waals surface area contributed by atoms with E-state index in [2.05, 4.69) is 15.5 Å². The average Bonchev–Trinajstić information content (AvgIpc) is 3.03. The summed E-state index contributed by atoms with van der Waals surface area (Å²) in [7, 11) is 0. The SMILES string of the molecule is O=c1c(Nc2ccc3ccccc3c2-c2c(O)ccc3ccccc23)c(N[C@@H]2CCCCC2N2CCCCC2)c1=O. The summed E-state index contributed by atoms with van der Waals surface area (Å²) in [5.41, 5.74) is 1.94. The number of likely N-dealkylation sites (tertiary alicyclic amines) is 1. The van der Waals surface area contributed by atoms with Gasteiger partial charge in [-0.25, -0.2) is 0 Å². The molecule has 1 heterocycles. The number of hydrogen-bond acceptors (Lipinski definition) is 6. The van der Waals surface area contributed by atoms with Crippen LogP contribution in [0.25, 0.3) is 32.7 Å². The molecule has 5 aromatic carbocycles. The first-order chi connectivity index (χ1) is 20.1. The topological polar surface area (TPSA) is 81.7 Å². The third-order valence-electron chi connectivity index (χ3n) is 9.17. The summed E-state index contributed by atoms with van der Waals surface area (Å²) in [4.78, 5) is 28.6. The summed E-state index contributed by atoms with van der Waals surface area (Å²) in [5.74, 6) is 0.165. The Balaban J connectivity index is 1.30. The first-order valence-electron chi connectivity index (χ1n) is 14.9. The zero-order valence-electron chi connectivity index (χ0n) is 23.2. The Morgan fingerprint density at radius 2 is 1.29 bits per heavy atom. The number of nitrogens with zero attached hydrogens (tertiary/aromatic N) is 1. The van der Waals surface area contributed by atoms with Crippen molar-refractivity contribution in [3.05, 3.63) is 93.2 Å². The number of fused-ring (bicyclic) bond motifs is 2. The Kier molecular flexibility index (Phi) is 6.71. The molecule has 2 fully saturated rings. The maximum Gasteiger partial charge on any atom is 0.253 e. The van der Waals surface area contributed by atoms with Crippen molar-refractivity contribution in [2.45, 2.75) is 57.0 Å². The van der Waals surface area contributed by atoms with Gasteiger partial charge in [-0.05, 0) is 72.5 Å². The van der Waals surface area contributed by atoms with Gasteiger partial charge in [-0.2, -0.15) is 0 Å². The minimum absolute atomic E-state index is 0.142. The Labute approximate surface area is 239 Å². The van der Waals surface area contributed by atoms with Crippen LogP contribution in [0.3, 0.4) is 0 Å². The molecule has 1 aliphatic carbocycles. The number of benzene rings is 4. The molecule has 0 spiro atoms. The largest absolute Gasteiger partial charge is 0.507 e. The van der Waals surface area contributed by atoms with Crippen LogP contribution in [0.1, 0.15) is 44.9 Å². The molecule has 5 aromatic rings. The fourth-order valence-corrected chi connectivity index (χ4v) is 7.10. The first kappa shape index (κ1) is 25.8. The lowest BCUT2D eigenvalue weighted by atomic mass is 9.87. The molecule has 208 valence electrons. The van der Waals surface area contributed by atoms with Gasteiger partial charge in [-0.1, -0.05) is 79.9 Å². The highest BCUT2D eigenvalue weighted by molar-refractivity contribution is 6.12. The molecular formula is C35H35N3O3. The Morgan fingerprint density at radius 3 is 2.05 bits per heavy atom. The third-order valence-corrected chi connectivity index (χ3v) is 9.17. The molecule has 6 nitrogen and oxygen atoms in total. The van der Waals surface area contributed by atoms with Crippen molar-refractivity contribution >= 4 is 38.6 Å². The Hall–Kier alpha value is -4.16. The van der Waals surface area contributed by atoms with Gasteiger partial charge < -0.3 is 15.7 Å². The van der Waals surface area contributed by atoms with Gasteiger partial charge in [-0.3, -0.25) is 14.5 Å². The number of anilines is 3. The lowest BCUT2D eigenvalue weighted by Gasteiger charge is -2.42. The number of hydrogen-bond donors (Lipinski definition) is 3. The van der Waals surface area contributed by atoms with Gasteiger partial charge in [0.2, 0.25) is 0 Å². The number of aromatic hydroxyl groups is 1. The smallest absolute Gasteiger partial charge is 0.253 e. The van der Waals surface area contributed by atoms with Crippen LogP contribution in [0, 0.1) is 0 Å². The molecule has 7 rings (SSSR count). The molecule has 1 unspecified atom stereocenters.